The molecule has 0 radical (unpaired) electrons. The van der Waals surface area contributed by atoms with E-state index in [9.17, 15) is 0 Å². The minimum Gasteiger partial charge on any atom is -0.322 e. The molecule has 2 heteroatoms. The van der Waals surface area contributed by atoms with E-state index in [1.807, 2.05) is 29.2 Å². The first-order valence-electron chi connectivity index (χ1n) is 5.34. The van der Waals surface area contributed by atoms with Gasteiger partial charge >= 0.3 is 0 Å². The molecular weight excluding hydrogens is 184 g/mol. The van der Waals surface area contributed by atoms with Crippen LogP contribution in [0.4, 0.5) is 0 Å². The van der Waals surface area contributed by atoms with Gasteiger partial charge in [-0.3, -0.25) is 4.68 Å². The van der Waals surface area contributed by atoms with Gasteiger partial charge in [-0.1, -0.05) is 31.2 Å². The normalized spacial score (nSPS) is 10.2. The number of nitrogens with one attached hydrogen (secondary N) is 1. The number of hydrogen-bond acceptors (Lipinski definition) is 1. The molecule has 0 saturated carbocycles. The van der Waals surface area contributed by atoms with E-state index in [2.05, 4.69) is 36.6 Å². The molecule has 1 aromatic heterocycles. The van der Waals surface area contributed by atoms with Crippen molar-refractivity contribution < 1.29 is 0 Å². The van der Waals surface area contributed by atoms with Gasteiger partial charge in [0.1, 0.15) is 0 Å². The third-order valence-corrected chi connectivity index (χ3v) is 2.56. The molecule has 1 N–H and O–H groups in total. The molecule has 2 rings (SSSR count). The van der Waals surface area contributed by atoms with Gasteiger partial charge in [0.2, 0.25) is 0 Å². The molecule has 2 aromatic rings. The predicted octanol–water partition coefficient (Wildman–Crippen LogP) is 2.79. The smallest absolute Gasteiger partial charge is 0.0566 e. The Morgan fingerprint density at radius 3 is 2.33 bits per heavy atom. The van der Waals surface area contributed by atoms with E-state index in [-0.39, 0.29) is 0 Å². The molecule has 0 aliphatic heterocycles. The van der Waals surface area contributed by atoms with E-state index < -0.39 is 0 Å². The molecule has 0 aliphatic carbocycles. The van der Waals surface area contributed by atoms with Crippen LogP contribution in [0, 0.1) is 0 Å². The first kappa shape index (κ1) is 9.84. The third kappa shape index (κ3) is 2.40. The Kier molecular flexibility index (Phi) is 3.08. The summed E-state index contributed by atoms with van der Waals surface area (Å²) in [6.07, 6.45) is 5.10. The van der Waals surface area contributed by atoms with Crippen molar-refractivity contribution >= 4 is 0 Å². The van der Waals surface area contributed by atoms with Crippen molar-refractivity contribution in [2.45, 2.75) is 19.9 Å². The van der Waals surface area contributed by atoms with Gasteiger partial charge in [0, 0.05) is 12.4 Å². The van der Waals surface area contributed by atoms with Crippen LogP contribution in [0.2, 0.25) is 0 Å². The summed E-state index contributed by atoms with van der Waals surface area (Å²) in [6, 6.07) is 12.6. The van der Waals surface area contributed by atoms with E-state index >= 15 is 0 Å². The molecule has 0 aliphatic rings. The Morgan fingerprint density at radius 1 is 1.00 bits per heavy atom. The van der Waals surface area contributed by atoms with Crippen molar-refractivity contribution in [3.05, 3.63) is 59.9 Å². The average Bonchev–Trinajstić information content (AvgIpc) is 2.79. The molecule has 0 spiro atoms. The van der Waals surface area contributed by atoms with Gasteiger partial charge < -0.3 is 5.43 Å². The fourth-order valence-corrected chi connectivity index (χ4v) is 1.69. The molecule has 0 amide bonds. The maximum absolute atomic E-state index is 3.33. The highest BCUT2D eigenvalue weighted by atomic mass is 15.4. The van der Waals surface area contributed by atoms with Crippen LogP contribution >= 0.6 is 0 Å². The molecule has 1 aromatic carbocycles. The lowest BCUT2D eigenvalue weighted by Gasteiger charge is -2.10. The van der Waals surface area contributed by atoms with Gasteiger partial charge in [-0.05, 0) is 29.7 Å². The first-order chi connectivity index (χ1) is 7.40. The van der Waals surface area contributed by atoms with Crippen LogP contribution in [0.5, 0.6) is 0 Å². The molecule has 0 saturated heterocycles. The van der Waals surface area contributed by atoms with Gasteiger partial charge in [-0.2, -0.15) is 0 Å². The second kappa shape index (κ2) is 4.69. The summed E-state index contributed by atoms with van der Waals surface area (Å²) in [6.45, 7) is 3.06. The molecule has 1 heterocycles. The Morgan fingerprint density at radius 2 is 1.67 bits per heavy atom. The zero-order valence-electron chi connectivity index (χ0n) is 8.98. The van der Waals surface area contributed by atoms with Crippen LogP contribution in [-0.4, -0.2) is 4.68 Å². The van der Waals surface area contributed by atoms with Crippen LogP contribution in [0.15, 0.2) is 48.8 Å². The molecule has 0 fully saturated rings. The molecule has 2 nitrogen and oxygen atoms in total. The summed E-state index contributed by atoms with van der Waals surface area (Å²) in [5.74, 6) is 0. The van der Waals surface area contributed by atoms with Crippen LogP contribution in [-0.2, 0) is 13.0 Å². The predicted molar refractivity (Wildman–Crippen MR) is 63.3 cm³/mol. The number of aromatic nitrogens is 1. The Labute approximate surface area is 90.5 Å². The molecule has 0 bridgehead atoms. The van der Waals surface area contributed by atoms with Crippen molar-refractivity contribution in [1.29, 1.82) is 0 Å². The van der Waals surface area contributed by atoms with Crippen molar-refractivity contribution in [2.24, 2.45) is 0 Å². The molecule has 0 atom stereocenters. The van der Waals surface area contributed by atoms with Crippen LogP contribution in [0.25, 0.3) is 0 Å². The zero-order valence-corrected chi connectivity index (χ0v) is 8.98. The number of rotatable bonds is 4. The van der Waals surface area contributed by atoms with Gasteiger partial charge in [0.05, 0.1) is 6.54 Å². The van der Waals surface area contributed by atoms with Crippen LogP contribution < -0.4 is 5.43 Å². The molecule has 78 valence electrons. The summed E-state index contributed by atoms with van der Waals surface area (Å²) in [4.78, 5) is 0. The lowest BCUT2D eigenvalue weighted by Crippen LogP contribution is -2.12. The van der Waals surface area contributed by atoms with Crippen LogP contribution in [0.3, 0.4) is 0 Å². The second-order valence-electron chi connectivity index (χ2n) is 3.55. The summed E-state index contributed by atoms with van der Waals surface area (Å²) < 4.78 is 1.98. The maximum Gasteiger partial charge on any atom is 0.0566 e. The van der Waals surface area contributed by atoms with E-state index in [1.54, 1.807) is 0 Å². The fraction of sp³-hybridized carbons (Fsp3) is 0.231. The number of hydrogen-bond donors (Lipinski definition) is 1. The molecule has 15 heavy (non-hydrogen) atoms. The third-order valence-electron chi connectivity index (χ3n) is 2.56. The molecule has 0 unspecified atom stereocenters. The van der Waals surface area contributed by atoms with Gasteiger partial charge in [-0.25, -0.2) is 0 Å². The van der Waals surface area contributed by atoms with Crippen molar-refractivity contribution in [2.75, 3.05) is 5.43 Å². The highest BCUT2D eigenvalue weighted by Gasteiger charge is 1.98. The molecular formula is C13H16N2. The Bertz CT molecular complexity index is 404. The van der Waals surface area contributed by atoms with Crippen molar-refractivity contribution in [1.82, 2.24) is 4.68 Å². The zero-order chi connectivity index (χ0) is 10.5. The van der Waals surface area contributed by atoms with E-state index in [0.717, 1.165) is 13.0 Å². The average molecular weight is 200 g/mol. The first-order valence-corrected chi connectivity index (χ1v) is 5.34. The Balaban J connectivity index is 2.04. The van der Waals surface area contributed by atoms with E-state index in [1.165, 1.54) is 11.1 Å². The highest BCUT2D eigenvalue weighted by molar-refractivity contribution is 5.27. The number of nitrogens with zero attached hydrogens (tertiary/aromatic N) is 1. The second-order valence-corrected chi connectivity index (χ2v) is 3.55. The minimum atomic E-state index is 0.874. The van der Waals surface area contributed by atoms with E-state index in [4.69, 9.17) is 0 Å². The Hall–Kier alpha value is -1.70. The van der Waals surface area contributed by atoms with E-state index in [0.29, 0.717) is 0 Å². The topological polar surface area (TPSA) is 17.0 Å². The summed E-state index contributed by atoms with van der Waals surface area (Å²) >= 11 is 0. The monoisotopic (exact) mass is 200 g/mol. The fourth-order valence-electron chi connectivity index (χ4n) is 1.69. The number of aryl methyl sites for hydroxylation is 1. The lowest BCUT2D eigenvalue weighted by atomic mass is 10.1. The standard InChI is InChI=1S/C13H16N2/c1-2-12-7-3-4-8-13(12)11-14-15-9-5-6-10-15/h3-10,14H,2,11H2,1H3. The van der Waals surface area contributed by atoms with Gasteiger partial charge in [0.15, 0.2) is 0 Å². The maximum atomic E-state index is 3.33. The summed E-state index contributed by atoms with van der Waals surface area (Å²) in [5, 5.41) is 0. The lowest BCUT2D eigenvalue weighted by molar-refractivity contribution is 0.839. The summed E-state index contributed by atoms with van der Waals surface area (Å²) in [5.41, 5.74) is 6.12. The largest absolute Gasteiger partial charge is 0.322 e. The quantitative estimate of drug-likeness (QED) is 0.803. The highest BCUT2D eigenvalue weighted by Crippen LogP contribution is 2.09. The van der Waals surface area contributed by atoms with Crippen molar-refractivity contribution in [3.63, 3.8) is 0 Å². The van der Waals surface area contributed by atoms with Crippen LogP contribution in [0.1, 0.15) is 18.1 Å². The minimum absolute atomic E-state index is 0.874. The van der Waals surface area contributed by atoms with Gasteiger partial charge in [0.25, 0.3) is 0 Å². The van der Waals surface area contributed by atoms with Gasteiger partial charge in [-0.15, -0.1) is 0 Å². The summed E-state index contributed by atoms with van der Waals surface area (Å²) in [7, 11) is 0. The number of benzene rings is 1. The van der Waals surface area contributed by atoms with Crippen molar-refractivity contribution in [3.8, 4) is 0 Å². The SMILES string of the molecule is CCc1ccccc1CNn1cccc1.